The second-order valence-electron chi connectivity index (χ2n) is 4.31. The molecule has 0 atom stereocenters. The molecule has 5 nitrogen and oxygen atoms in total. The third kappa shape index (κ3) is 8.85. The number of hydrogen-bond acceptors (Lipinski definition) is 5. The van der Waals surface area contributed by atoms with Gasteiger partial charge < -0.3 is 25.3 Å². The molecule has 1 N–H and O–H groups in total. The fraction of sp³-hybridized carbons (Fsp3) is 0.375. The van der Waals surface area contributed by atoms with Crippen molar-refractivity contribution in [3.05, 3.63) is 48.6 Å². The molecule has 0 saturated heterocycles. The number of carboxylic acids is 2. The molecule has 0 aliphatic heterocycles. The van der Waals surface area contributed by atoms with Gasteiger partial charge in [0.05, 0.1) is 22.8 Å². The first-order chi connectivity index (χ1) is 9.38. The molecule has 0 heterocycles. The van der Waals surface area contributed by atoms with E-state index < -0.39 is 22.8 Å². The fourth-order valence-electron chi connectivity index (χ4n) is 2.32. The van der Waals surface area contributed by atoms with Gasteiger partial charge >= 0.3 is 154 Å². The van der Waals surface area contributed by atoms with E-state index in [1.807, 2.05) is 0 Å². The third-order valence-electron chi connectivity index (χ3n) is 3.08. The molecule has 0 aromatic heterocycles. The largest absolute Gasteiger partial charge is 1.00 e. The summed E-state index contributed by atoms with van der Waals surface area (Å²) in [7, 11) is 0. The van der Waals surface area contributed by atoms with E-state index in [2.05, 4.69) is 0 Å². The van der Waals surface area contributed by atoms with E-state index in [4.69, 9.17) is 0 Å². The molecule has 8 heteroatoms. The van der Waals surface area contributed by atoms with Gasteiger partial charge in [-0.3, -0.25) is 0 Å². The quantitative estimate of drug-likeness (QED) is 0.306. The zero-order valence-electron chi connectivity index (χ0n) is 15.7. The minimum atomic E-state index is -1.85. The molecule has 118 valence electrons. The summed E-state index contributed by atoms with van der Waals surface area (Å²) < 4.78 is 0. The molecule has 0 aliphatic carbocycles. The van der Waals surface area contributed by atoms with Gasteiger partial charge in [-0.05, 0) is 27.7 Å². The second-order valence-corrected chi connectivity index (χ2v) is 4.31. The normalized spacial score (nSPS) is 15.7. The van der Waals surface area contributed by atoms with E-state index in [0.717, 1.165) is 0 Å². The van der Waals surface area contributed by atoms with Gasteiger partial charge in [0.2, 0.25) is 0 Å². The number of carboxylic acid groups (broad SMARTS) is 2. The molecule has 0 amide bonds. The number of carbonyl (C=O) groups excluding carboxylic acids is 2. The maximum Gasteiger partial charge on any atom is 1.00 e. The SMILES string of the molecule is CC=CC(C=CC)(C(=O)[O-])C(C=CC)(C=CC)C(=O)[O-].[K+].[K+].[K+].[OH-]. The second kappa shape index (κ2) is 19.1. The van der Waals surface area contributed by atoms with Crippen molar-refractivity contribution in [2.24, 2.45) is 10.8 Å². The monoisotopic (exact) mass is 410 g/mol. The summed E-state index contributed by atoms with van der Waals surface area (Å²) in [5.74, 6) is -3.01. The predicted octanol–water partition coefficient (Wildman–Crippen LogP) is -8.40. The maximum atomic E-state index is 11.7. The van der Waals surface area contributed by atoms with Crippen LogP contribution in [-0.2, 0) is 9.59 Å². The summed E-state index contributed by atoms with van der Waals surface area (Å²) in [6.07, 6.45) is 11.2. The Bertz CT molecular complexity index is 414. The molecule has 0 aliphatic rings. The summed E-state index contributed by atoms with van der Waals surface area (Å²) in [5.41, 5.74) is -3.71. The summed E-state index contributed by atoms with van der Waals surface area (Å²) in [5, 5.41) is 23.5. The minimum Gasteiger partial charge on any atom is -0.870 e. The van der Waals surface area contributed by atoms with Gasteiger partial charge in [0.25, 0.3) is 0 Å². The average Bonchev–Trinajstić information content (AvgIpc) is 2.37. The van der Waals surface area contributed by atoms with Crippen LogP contribution >= 0.6 is 0 Å². The van der Waals surface area contributed by atoms with E-state index >= 15 is 0 Å². The topological polar surface area (TPSA) is 110 Å². The molecule has 0 aromatic rings. The van der Waals surface area contributed by atoms with Crippen LogP contribution in [0.2, 0.25) is 0 Å². The van der Waals surface area contributed by atoms with E-state index in [0.29, 0.717) is 0 Å². The molecule has 0 unspecified atom stereocenters. The van der Waals surface area contributed by atoms with Crippen molar-refractivity contribution in [1.29, 1.82) is 0 Å². The summed E-state index contributed by atoms with van der Waals surface area (Å²) in [6.45, 7) is 6.47. The Hall–Kier alpha value is 2.77. The van der Waals surface area contributed by atoms with Gasteiger partial charge in [-0.2, -0.15) is 0 Å². The molecule has 0 fully saturated rings. The molecule has 0 bridgehead atoms. The van der Waals surface area contributed by atoms with Crippen LogP contribution in [0, 0.1) is 10.8 Å². The minimum absolute atomic E-state index is 0. The van der Waals surface area contributed by atoms with Crippen molar-refractivity contribution in [3.8, 4) is 0 Å². The Labute approximate surface area is 272 Å². The Balaban J connectivity index is -0.000000301. The molecule has 0 saturated carbocycles. The van der Waals surface area contributed by atoms with Gasteiger partial charge in [0.1, 0.15) is 0 Å². The van der Waals surface area contributed by atoms with Crippen LogP contribution in [0.15, 0.2) is 48.6 Å². The molecule has 0 rings (SSSR count). The van der Waals surface area contributed by atoms with Gasteiger partial charge in [-0.25, -0.2) is 0 Å². The predicted molar refractivity (Wildman–Crippen MR) is 76.1 cm³/mol. The summed E-state index contributed by atoms with van der Waals surface area (Å²) in [6, 6.07) is 0. The smallest absolute Gasteiger partial charge is 0.870 e. The number of allylic oxidation sites excluding steroid dienone is 4. The number of carbonyl (C=O) groups is 2. The molecule has 0 spiro atoms. The molecule has 24 heavy (non-hydrogen) atoms. The first-order valence-electron chi connectivity index (χ1n) is 6.36. The van der Waals surface area contributed by atoms with Crippen molar-refractivity contribution < 1.29 is 179 Å². The maximum absolute atomic E-state index is 11.7. The standard InChI is InChI=1S/C16H22O4.3K.H2O/c1-5-9-15(10-6-2,13(17)18)16(11-7-3,12-8-4)14(19)20;;;;/h5-12H,1-4H3,(H,17,18)(H,19,20);;;;1H2/q;3*+1;/p-3. The van der Waals surface area contributed by atoms with Gasteiger partial charge in [-0.1, -0.05) is 48.6 Å². The average molecular weight is 411 g/mol. The van der Waals surface area contributed by atoms with E-state index in [9.17, 15) is 19.8 Å². The zero-order valence-corrected chi connectivity index (χ0v) is 25.1. The number of hydrogen-bond donors (Lipinski definition) is 0. The third-order valence-corrected chi connectivity index (χ3v) is 3.08. The Kier molecular flexibility index (Phi) is 29.9. The molecule has 0 radical (unpaired) electrons. The van der Waals surface area contributed by atoms with Gasteiger partial charge in [0, 0.05) is 0 Å². The molecular formula is C16H21K3O5. The van der Waals surface area contributed by atoms with Crippen molar-refractivity contribution in [2.75, 3.05) is 0 Å². The van der Waals surface area contributed by atoms with Crippen LogP contribution in [0.3, 0.4) is 0 Å². The van der Waals surface area contributed by atoms with Crippen molar-refractivity contribution in [3.63, 3.8) is 0 Å². The summed E-state index contributed by atoms with van der Waals surface area (Å²) >= 11 is 0. The molecular weight excluding hydrogens is 389 g/mol. The van der Waals surface area contributed by atoms with Crippen LogP contribution in [0.25, 0.3) is 0 Å². The fourth-order valence-corrected chi connectivity index (χ4v) is 2.32. The Morgan fingerprint density at radius 1 is 0.625 bits per heavy atom. The van der Waals surface area contributed by atoms with Crippen LogP contribution < -0.4 is 164 Å². The Morgan fingerprint density at radius 2 is 0.792 bits per heavy atom. The van der Waals surface area contributed by atoms with Crippen LogP contribution in [0.4, 0.5) is 0 Å². The van der Waals surface area contributed by atoms with Gasteiger partial charge in [0.15, 0.2) is 0 Å². The first-order valence-corrected chi connectivity index (χ1v) is 6.36. The Morgan fingerprint density at radius 3 is 0.875 bits per heavy atom. The first kappa shape index (κ1) is 37.5. The number of aliphatic carboxylic acids is 2. The van der Waals surface area contributed by atoms with Crippen molar-refractivity contribution in [2.45, 2.75) is 27.7 Å². The number of rotatable bonds is 7. The van der Waals surface area contributed by atoms with Crippen LogP contribution in [-0.4, -0.2) is 17.4 Å². The summed E-state index contributed by atoms with van der Waals surface area (Å²) in [4.78, 5) is 23.5. The van der Waals surface area contributed by atoms with E-state index in [1.54, 1.807) is 27.7 Å². The van der Waals surface area contributed by atoms with E-state index in [-0.39, 0.29) is 160 Å². The van der Waals surface area contributed by atoms with Gasteiger partial charge in [-0.15, -0.1) is 0 Å². The van der Waals surface area contributed by atoms with Crippen molar-refractivity contribution in [1.82, 2.24) is 0 Å². The molecule has 0 aromatic carbocycles. The van der Waals surface area contributed by atoms with Crippen LogP contribution in [0.1, 0.15) is 27.7 Å². The van der Waals surface area contributed by atoms with Crippen LogP contribution in [0.5, 0.6) is 0 Å². The van der Waals surface area contributed by atoms with E-state index in [1.165, 1.54) is 48.6 Å². The zero-order chi connectivity index (χ0) is 15.8. The van der Waals surface area contributed by atoms with Crippen molar-refractivity contribution >= 4 is 11.9 Å².